The number of aromatic nitrogens is 2. The normalized spacial score (nSPS) is 23.4. The molecule has 4 rings (SSSR count). The molecule has 0 aliphatic carbocycles. The van der Waals surface area contributed by atoms with E-state index in [9.17, 15) is 4.79 Å². The predicted molar refractivity (Wildman–Crippen MR) is 104 cm³/mol. The minimum atomic E-state index is -0.189. The molecule has 0 bridgehead atoms. The summed E-state index contributed by atoms with van der Waals surface area (Å²) in [5.41, 5.74) is 2.15. The molecular weight excluding hydrogens is 340 g/mol. The molecule has 0 radical (unpaired) electrons. The van der Waals surface area contributed by atoms with Gasteiger partial charge in [0.2, 0.25) is 5.91 Å². The van der Waals surface area contributed by atoms with E-state index in [0.717, 1.165) is 51.1 Å². The molecule has 3 heterocycles. The van der Waals surface area contributed by atoms with Crippen molar-refractivity contribution >= 4 is 5.91 Å². The summed E-state index contributed by atoms with van der Waals surface area (Å²) in [6.07, 6.45) is 6.82. The fourth-order valence-electron chi connectivity index (χ4n) is 4.52. The quantitative estimate of drug-likeness (QED) is 0.785. The van der Waals surface area contributed by atoms with Gasteiger partial charge in [-0.25, -0.2) is 4.68 Å². The van der Waals surface area contributed by atoms with Gasteiger partial charge < -0.3 is 9.64 Å². The number of amides is 1. The zero-order valence-electron chi connectivity index (χ0n) is 16.0. The second kappa shape index (κ2) is 7.82. The molecule has 144 valence electrons. The second-order valence-corrected chi connectivity index (χ2v) is 7.75. The van der Waals surface area contributed by atoms with E-state index in [2.05, 4.69) is 34.3 Å². The molecule has 0 N–H and O–H groups in total. The first-order valence-corrected chi connectivity index (χ1v) is 9.80. The van der Waals surface area contributed by atoms with E-state index in [0.29, 0.717) is 19.1 Å². The zero-order valence-corrected chi connectivity index (χ0v) is 16.0. The fraction of sp³-hybridized carbons (Fsp3) is 0.524. The highest BCUT2D eigenvalue weighted by Gasteiger charge is 2.47. The van der Waals surface area contributed by atoms with Crippen LogP contribution in [0.5, 0.6) is 0 Å². The van der Waals surface area contributed by atoms with Crippen LogP contribution in [0.4, 0.5) is 0 Å². The first kappa shape index (κ1) is 18.2. The molecule has 1 aromatic carbocycles. The first-order chi connectivity index (χ1) is 13.2. The van der Waals surface area contributed by atoms with Gasteiger partial charge in [-0.05, 0) is 49.6 Å². The number of ether oxygens (including phenoxy) is 1. The predicted octanol–water partition coefficient (Wildman–Crippen LogP) is 2.33. The van der Waals surface area contributed by atoms with Crippen LogP contribution in [-0.2, 0) is 16.1 Å². The maximum absolute atomic E-state index is 13.1. The number of nitrogens with zero attached hydrogens (tertiary/aromatic N) is 4. The van der Waals surface area contributed by atoms with Gasteiger partial charge in [-0.3, -0.25) is 9.69 Å². The van der Waals surface area contributed by atoms with Gasteiger partial charge in [0, 0.05) is 45.7 Å². The Labute approximate surface area is 160 Å². The number of likely N-dealkylation sites (tertiary alicyclic amines) is 2. The monoisotopic (exact) mass is 368 g/mol. The molecule has 27 heavy (non-hydrogen) atoms. The Morgan fingerprint density at radius 2 is 2.15 bits per heavy atom. The molecule has 2 aromatic rings. The highest BCUT2D eigenvalue weighted by atomic mass is 16.5. The molecule has 1 amide bonds. The van der Waals surface area contributed by atoms with Crippen LogP contribution in [0.25, 0.3) is 5.69 Å². The van der Waals surface area contributed by atoms with Gasteiger partial charge >= 0.3 is 0 Å². The standard InChI is InChI=1S/C21H28N4O2/c1-27-14-13-24-10-3-7-21(20(24)26)8-12-23(17-21)16-18-5-2-6-19(15-18)25-11-4-9-22-25/h2,4-6,9,11,15H,3,7-8,10,12-14,16-17H2,1H3. The first-order valence-electron chi connectivity index (χ1n) is 9.80. The van der Waals surface area contributed by atoms with Crippen LogP contribution in [0.1, 0.15) is 24.8 Å². The van der Waals surface area contributed by atoms with Crippen LogP contribution in [0.15, 0.2) is 42.7 Å². The summed E-state index contributed by atoms with van der Waals surface area (Å²) in [4.78, 5) is 17.5. The van der Waals surface area contributed by atoms with Gasteiger partial charge in [-0.15, -0.1) is 0 Å². The van der Waals surface area contributed by atoms with E-state index in [4.69, 9.17) is 4.74 Å². The Kier molecular flexibility index (Phi) is 5.27. The number of hydrogen-bond donors (Lipinski definition) is 0. The molecule has 2 saturated heterocycles. The number of benzene rings is 1. The van der Waals surface area contributed by atoms with E-state index in [-0.39, 0.29) is 5.41 Å². The molecule has 2 aliphatic heterocycles. The minimum absolute atomic E-state index is 0.189. The van der Waals surface area contributed by atoms with Crippen molar-refractivity contribution in [3.8, 4) is 5.69 Å². The molecule has 6 heteroatoms. The third-order valence-corrected chi connectivity index (χ3v) is 5.91. The summed E-state index contributed by atoms with van der Waals surface area (Å²) in [6, 6.07) is 10.4. The summed E-state index contributed by atoms with van der Waals surface area (Å²) in [6.45, 7) is 4.92. The van der Waals surface area contributed by atoms with Gasteiger partial charge in [0.05, 0.1) is 17.7 Å². The SMILES string of the molecule is COCCN1CCCC2(CCN(Cc3cccc(-n4cccn4)c3)C2)C1=O. The van der Waals surface area contributed by atoms with Crippen molar-refractivity contribution in [3.05, 3.63) is 48.3 Å². The summed E-state index contributed by atoms with van der Waals surface area (Å²) in [5, 5.41) is 4.31. The van der Waals surface area contributed by atoms with Gasteiger partial charge in [-0.2, -0.15) is 5.10 Å². The van der Waals surface area contributed by atoms with Crippen molar-refractivity contribution in [3.63, 3.8) is 0 Å². The minimum Gasteiger partial charge on any atom is -0.383 e. The molecule has 1 spiro atoms. The molecule has 1 atom stereocenters. The lowest BCUT2D eigenvalue weighted by Crippen LogP contribution is -2.50. The van der Waals surface area contributed by atoms with Crippen LogP contribution >= 0.6 is 0 Å². The van der Waals surface area contributed by atoms with Crippen molar-refractivity contribution in [1.82, 2.24) is 19.6 Å². The molecular formula is C21H28N4O2. The number of rotatable bonds is 6. The van der Waals surface area contributed by atoms with Crippen LogP contribution < -0.4 is 0 Å². The summed E-state index contributed by atoms with van der Waals surface area (Å²) in [5.74, 6) is 0.332. The molecule has 6 nitrogen and oxygen atoms in total. The molecule has 0 saturated carbocycles. The fourth-order valence-corrected chi connectivity index (χ4v) is 4.52. The Balaban J connectivity index is 1.42. The van der Waals surface area contributed by atoms with Crippen molar-refractivity contribution in [2.75, 3.05) is 39.9 Å². The summed E-state index contributed by atoms with van der Waals surface area (Å²) >= 11 is 0. The molecule has 2 fully saturated rings. The van der Waals surface area contributed by atoms with E-state index >= 15 is 0 Å². The van der Waals surface area contributed by atoms with Crippen molar-refractivity contribution in [2.24, 2.45) is 5.41 Å². The van der Waals surface area contributed by atoms with Crippen molar-refractivity contribution < 1.29 is 9.53 Å². The van der Waals surface area contributed by atoms with Crippen LogP contribution in [0.2, 0.25) is 0 Å². The topological polar surface area (TPSA) is 50.6 Å². The molecule has 1 unspecified atom stereocenters. The van der Waals surface area contributed by atoms with Gasteiger partial charge in [0.15, 0.2) is 0 Å². The highest BCUT2D eigenvalue weighted by Crippen LogP contribution is 2.40. The Morgan fingerprint density at radius 1 is 1.22 bits per heavy atom. The Morgan fingerprint density at radius 3 is 2.96 bits per heavy atom. The molecule has 2 aliphatic rings. The lowest BCUT2D eigenvalue weighted by atomic mass is 9.78. The third-order valence-electron chi connectivity index (χ3n) is 5.91. The Hall–Kier alpha value is -2.18. The van der Waals surface area contributed by atoms with Crippen molar-refractivity contribution in [1.29, 1.82) is 0 Å². The van der Waals surface area contributed by atoms with E-state index in [1.165, 1.54) is 5.56 Å². The van der Waals surface area contributed by atoms with Crippen LogP contribution in [-0.4, -0.2) is 65.4 Å². The van der Waals surface area contributed by atoms with Crippen LogP contribution in [0.3, 0.4) is 0 Å². The summed E-state index contributed by atoms with van der Waals surface area (Å²) in [7, 11) is 1.69. The number of piperidine rings is 1. The number of methoxy groups -OCH3 is 1. The zero-order chi connectivity index (χ0) is 18.7. The second-order valence-electron chi connectivity index (χ2n) is 7.75. The van der Waals surface area contributed by atoms with Gasteiger partial charge in [-0.1, -0.05) is 12.1 Å². The average Bonchev–Trinajstić information content (AvgIpc) is 3.35. The van der Waals surface area contributed by atoms with Gasteiger partial charge in [0.1, 0.15) is 0 Å². The summed E-state index contributed by atoms with van der Waals surface area (Å²) < 4.78 is 7.06. The van der Waals surface area contributed by atoms with E-state index < -0.39 is 0 Å². The van der Waals surface area contributed by atoms with Gasteiger partial charge in [0.25, 0.3) is 0 Å². The van der Waals surface area contributed by atoms with Crippen molar-refractivity contribution in [2.45, 2.75) is 25.8 Å². The lowest BCUT2D eigenvalue weighted by molar-refractivity contribution is -0.146. The average molecular weight is 368 g/mol. The Bertz CT molecular complexity index is 776. The lowest BCUT2D eigenvalue weighted by Gasteiger charge is -2.39. The maximum Gasteiger partial charge on any atom is 0.230 e. The van der Waals surface area contributed by atoms with E-state index in [1.54, 1.807) is 13.3 Å². The largest absolute Gasteiger partial charge is 0.383 e. The highest BCUT2D eigenvalue weighted by molar-refractivity contribution is 5.84. The number of carbonyl (C=O) groups is 1. The third kappa shape index (κ3) is 3.77. The van der Waals surface area contributed by atoms with E-state index in [1.807, 2.05) is 21.8 Å². The number of carbonyl (C=O) groups excluding carboxylic acids is 1. The smallest absolute Gasteiger partial charge is 0.230 e. The maximum atomic E-state index is 13.1. The van der Waals surface area contributed by atoms with Crippen LogP contribution in [0, 0.1) is 5.41 Å². The molecule has 1 aromatic heterocycles. The number of hydrogen-bond acceptors (Lipinski definition) is 4.